The third-order valence-electron chi connectivity index (χ3n) is 4.67. The summed E-state index contributed by atoms with van der Waals surface area (Å²) in [5.41, 5.74) is 2.32. The van der Waals surface area contributed by atoms with Crippen LogP contribution in [0, 0.1) is 5.82 Å². The zero-order chi connectivity index (χ0) is 17.8. The minimum Gasteiger partial charge on any atom is -0.335 e. The van der Waals surface area contributed by atoms with Gasteiger partial charge in [-0.25, -0.2) is 4.39 Å². The normalized spacial score (nSPS) is 15.6. The van der Waals surface area contributed by atoms with Crippen molar-refractivity contribution >= 4 is 5.91 Å². The third-order valence-corrected chi connectivity index (χ3v) is 4.67. The number of carbonyl (C=O) groups excluding carboxylic acids is 1. The minimum absolute atomic E-state index is 0.0305. The molecule has 0 atom stereocenters. The van der Waals surface area contributed by atoms with E-state index in [-0.39, 0.29) is 11.7 Å². The summed E-state index contributed by atoms with van der Waals surface area (Å²) in [6, 6.07) is 8.77. The lowest BCUT2D eigenvalue weighted by Crippen LogP contribution is -2.48. The van der Waals surface area contributed by atoms with Crippen molar-refractivity contribution in [2.45, 2.75) is 26.3 Å². The van der Waals surface area contributed by atoms with Gasteiger partial charge in [-0.3, -0.25) is 14.4 Å². The van der Waals surface area contributed by atoms with E-state index in [1.807, 2.05) is 30.1 Å². The highest BCUT2D eigenvalue weighted by molar-refractivity contribution is 5.92. The van der Waals surface area contributed by atoms with Crippen LogP contribution in [0.5, 0.6) is 0 Å². The Balaban J connectivity index is 1.58. The average molecular weight is 344 g/mol. The smallest absolute Gasteiger partial charge is 0.272 e. The van der Waals surface area contributed by atoms with E-state index < -0.39 is 0 Å². The van der Waals surface area contributed by atoms with Crippen LogP contribution < -0.4 is 0 Å². The van der Waals surface area contributed by atoms with Gasteiger partial charge in [0.15, 0.2) is 0 Å². The molecule has 1 aliphatic heterocycles. The lowest BCUT2D eigenvalue weighted by Gasteiger charge is -2.34. The first-order valence-corrected chi connectivity index (χ1v) is 8.86. The molecule has 1 fully saturated rings. The van der Waals surface area contributed by atoms with Gasteiger partial charge in [-0.2, -0.15) is 5.10 Å². The van der Waals surface area contributed by atoms with Gasteiger partial charge in [0.25, 0.3) is 5.91 Å². The molecular weight excluding hydrogens is 319 g/mol. The van der Waals surface area contributed by atoms with Crippen molar-refractivity contribution in [3.05, 3.63) is 53.1 Å². The number of carbonyl (C=O) groups is 1. The topological polar surface area (TPSA) is 41.4 Å². The molecule has 0 radical (unpaired) electrons. The lowest BCUT2D eigenvalue weighted by atomic mass is 10.2. The second-order valence-corrected chi connectivity index (χ2v) is 6.55. The molecule has 2 heterocycles. The van der Waals surface area contributed by atoms with E-state index in [9.17, 15) is 9.18 Å². The van der Waals surface area contributed by atoms with Crippen LogP contribution in [0.3, 0.4) is 0 Å². The Morgan fingerprint density at radius 1 is 1.20 bits per heavy atom. The van der Waals surface area contributed by atoms with Crippen molar-refractivity contribution in [2.75, 3.05) is 26.2 Å². The second kappa shape index (κ2) is 7.78. The Morgan fingerprint density at radius 3 is 2.60 bits per heavy atom. The Hall–Kier alpha value is -2.21. The van der Waals surface area contributed by atoms with Gasteiger partial charge in [-0.05, 0) is 18.6 Å². The number of aromatic nitrogens is 2. The molecule has 1 saturated heterocycles. The van der Waals surface area contributed by atoms with Crippen LogP contribution in [0.1, 0.15) is 35.1 Å². The Morgan fingerprint density at radius 2 is 1.92 bits per heavy atom. The average Bonchev–Trinajstić information content (AvgIpc) is 2.98. The summed E-state index contributed by atoms with van der Waals surface area (Å²) < 4.78 is 15.5. The molecule has 0 spiro atoms. The molecule has 0 unspecified atom stereocenters. The van der Waals surface area contributed by atoms with Gasteiger partial charge in [-0.1, -0.05) is 31.5 Å². The number of hydrogen-bond donors (Lipinski definition) is 0. The molecule has 5 nitrogen and oxygen atoms in total. The van der Waals surface area contributed by atoms with E-state index in [2.05, 4.69) is 16.9 Å². The van der Waals surface area contributed by atoms with E-state index in [4.69, 9.17) is 0 Å². The van der Waals surface area contributed by atoms with Crippen LogP contribution in [-0.4, -0.2) is 51.7 Å². The predicted molar refractivity (Wildman–Crippen MR) is 94.8 cm³/mol. The maximum atomic E-state index is 13.8. The van der Waals surface area contributed by atoms with Gasteiger partial charge in [0.2, 0.25) is 0 Å². The fraction of sp³-hybridized carbons (Fsp3) is 0.474. The number of hydrogen-bond acceptors (Lipinski definition) is 3. The second-order valence-electron chi connectivity index (χ2n) is 6.55. The van der Waals surface area contributed by atoms with Gasteiger partial charge in [0.05, 0.1) is 5.69 Å². The molecule has 0 bridgehead atoms. The predicted octanol–water partition coefficient (Wildman–Crippen LogP) is 2.47. The number of aryl methyl sites for hydroxylation is 2. The van der Waals surface area contributed by atoms with Crippen molar-refractivity contribution in [3.8, 4) is 0 Å². The summed E-state index contributed by atoms with van der Waals surface area (Å²) in [6.07, 6.45) is 1.90. The molecule has 1 amide bonds. The van der Waals surface area contributed by atoms with Crippen molar-refractivity contribution in [3.63, 3.8) is 0 Å². The molecular formula is C19H25FN4O. The van der Waals surface area contributed by atoms with E-state index in [1.54, 1.807) is 10.7 Å². The number of benzene rings is 1. The maximum absolute atomic E-state index is 13.8. The molecule has 0 saturated carbocycles. The molecule has 1 aromatic heterocycles. The standard InChI is InChI=1S/C19H25FN4O/c1-3-6-16-13-18(22(2)21-16)19(25)24-11-9-23(10-12-24)14-15-7-4-5-8-17(15)20/h4-5,7-8,13H,3,6,9-12,14H2,1-2H3. The summed E-state index contributed by atoms with van der Waals surface area (Å²) in [5.74, 6) is -0.137. The molecule has 134 valence electrons. The highest BCUT2D eigenvalue weighted by Crippen LogP contribution is 2.14. The first-order valence-electron chi connectivity index (χ1n) is 8.86. The number of rotatable bonds is 5. The van der Waals surface area contributed by atoms with E-state index in [0.717, 1.165) is 31.6 Å². The quantitative estimate of drug-likeness (QED) is 0.837. The number of piperazine rings is 1. The van der Waals surface area contributed by atoms with E-state index >= 15 is 0 Å². The maximum Gasteiger partial charge on any atom is 0.272 e. The molecule has 1 aliphatic rings. The van der Waals surface area contributed by atoms with Gasteiger partial charge in [-0.15, -0.1) is 0 Å². The van der Waals surface area contributed by atoms with Crippen molar-refractivity contribution < 1.29 is 9.18 Å². The fourth-order valence-electron chi connectivity index (χ4n) is 3.24. The fourth-order valence-corrected chi connectivity index (χ4v) is 3.24. The Labute approximate surface area is 148 Å². The zero-order valence-corrected chi connectivity index (χ0v) is 14.9. The van der Waals surface area contributed by atoms with E-state index in [1.165, 1.54) is 6.07 Å². The number of amides is 1. The first kappa shape index (κ1) is 17.6. The molecule has 0 N–H and O–H groups in total. The third kappa shape index (κ3) is 4.07. The number of nitrogens with zero attached hydrogens (tertiary/aromatic N) is 4. The minimum atomic E-state index is -0.167. The molecule has 3 rings (SSSR count). The SMILES string of the molecule is CCCc1cc(C(=O)N2CCN(Cc3ccccc3F)CC2)n(C)n1. The van der Waals surface area contributed by atoms with Crippen molar-refractivity contribution in [1.29, 1.82) is 0 Å². The molecule has 1 aromatic carbocycles. The van der Waals surface area contributed by atoms with Crippen LogP contribution in [0.4, 0.5) is 4.39 Å². The van der Waals surface area contributed by atoms with Crippen molar-refractivity contribution in [2.24, 2.45) is 7.05 Å². The lowest BCUT2D eigenvalue weighted by molar-refractivity contribution is 0.0616. The van der Waals surface area contributed by atoms with Gasteiger partial charge in [0, 0.05) is 45.3 Å². The van der Waals surface area contributed by atoms with Crippen LogP contribution in [0.25, 0.3) is 0 Å². The van der Waals surface area contributed by atoms with Crippen LogP contribution in [-0.2, 0) is 20.0 Å². The van der Waals surface area contributed by atoms with E-state index in [0.29, 0.717) is 30.9 Å². The van der Waals surface area contributed by atoms with Gasteiger partial charge < -0.3 is 4.90 Å². The summed E-state index contributed by atoms with van der Waals surface area (Å²) in [5, 5.41) is 4.41. The summed E-state index contributed by atoms with van der Waals surface area (Å²) in [4.78, 5) is 16.8. The highest BCUT2D eigenvalue weighted by atomic mass is 19.1. The van der Waals surface area contributed by atoms with Crippen molar-refractivity contribution in [1.82, 2.24) is 19.6 Å². The molecule has 6 heteroatoms. The largest absolute Gasteiger partial charge is 0.335 e. The Kier molecular flexibility index (Phi) is 5.48. The van der Waals surface area contributed by atoms with Crippen LogP contribution in [0.15, 0.2) is 30.3 Å². The van der Waals surface area contributed by atoms with Crippen LogP contribution in [0.2, 0.25) is 0 Å². The molecule has 2 aromatic rings. The summed E-state index contributed by atoms with van der Waals surface area (Å²) in [7, 11) is 1.82. The monoisotopic (exact) mass is 344 g/mol. The summed E-state index contributed by atoms with van der Waals surface area (Å²) in [6.45, 7) is 5.49. The van der Waals surface area contributed by atoms with Gasteiger partial charge >= 0.3 is 0 Å². The molecule has 0 aliphatic carbocycles. The van der Waals surface area contributed by atoms with Gasteiger partial charge in [0.1, 0.15) is 11.5 Å². The Bertz CT molecular complexity index is 735. The molecule has 25 heavy (non-hydrogen) atoms. The zero-order valence-electron chi connectivity index (χ0n) is 14.9. The highest BCUT2D eigenvalue weighted by Gasteiger charge is 2.25. The van der Waals surface area contributed by atoms with Crippen LogP contribution >= 0.6 is 0 Å². The number of halogens is 1. The first-order chi connectivity index (χ1) is 12.1. The summed E-state index contributed by atoms with van der Waals surface area (Å²) >= 11 is 0.